The smallest absolute Gasteiger partial charge is 0.0303 e. The Morgan fingerprint density at radius 3 is 2.21 bits per heavy atom. The van der Waals surface area contributed by atoms with Crippen molar-refractivity contribution < 1.29 is 0 Å². The number of thiophene rings is 1. The van der Waals surface area contributed by atoms with Crippen LogP contribution < -0.4 is 5.32 Å². The summed E-state index contributed by atoms with van der Waals surface area (Å²) >= 11 is 1.87. The number of aryl methyl sites for hydroxylation is 1. The van der Waals surface area contributed by atoms with Crippen LogP contribution in [0.4, 0.5) is 0 Å². The zero-order valence-corrected chi connectivity index (χ0v) is 12.9. The van der Waals surface area contributed by atoms with Crippen LogP contribution >= 0.6 is 11.3 Å². The van der Waals surface area contributed by atoms with Gasteiger partial charge in [-0.2, -0.15) is 0 Å². The highest BCUT2D eigenvalue weighted by Crippen LogP contribution is 2.15. The van der Waals surface area contributed by atoms with Crippen LogP contribution in [0.25, 0.3) is 0 Å². The van der Waals surface area contributed by atoms with Gasteiger partial charge in [0.15, 0.2) is 0 Å². The first kappa shape index (κ1) is 14.3. The molecule has 2 rings (SSSR count). The molecule has 1 aromatic heterocycles. The molecule has 0 aliphatic rings. The molecule has 0 aliphatic carbocycles. The molecule has 0 bridgehead atoms. The minimum atomic E-state index is 0.728. The third kappa shape index (κ3) is 4.81. The van der Waals surface area contributed by atoms with Crippen molar-refractivity contribution in [3.8, 4) is 0 Å². The average molecular weight is 273 g/mol. The molecule has 1 heterocycles. The summed E-state index contributed by atoms with van der Waals surface area (Å²) in [6, 6.07) is 13.4. The van der Waals surface area contributed by atoms with Gasteiger partial charge in [0.25, 0.3) is 0 Å². The third-order valence-corrected chi connectivity index (χ3v) is 4.09. The molecular weight excluding hydrogens is 250 g/mol. The van der Waals surface area contributed by atoms with Gasteiger partial charge in [0.2, 0.25) is 0 Å². The van der Waals surface area contributed by atoms with E-state index >= 15 is 0 Å². The second kappa shape index (κ2) is 6.88. The van der Waals surface area contributed by atoms with Crippen LogP contribution in [0.2, 0.25) is 0 Å². The molecule has 0 radical (unpaired) electrons. The van der Waals surface area contributed by atoms with Crippen molar-refractivity contribution >= 4 is 11.3 Å². The monoisotopic (exact) mass is 273 g/mol. The number of rotatable bonds is 6. The summed E-state index contributed by atoms with van der Waals surface area (Å²) in [7, 11) is 0. The summed E-state index contributed by atoms with van der Waals surface area (Å²) < 4.78 is 0. The SMILES string of the molecule is Cc1ccc(CNCc2ccc(CC(C)C)cc2)s1. The van der Waals surface area contributed by atoms with Gasteiger partial charge in [-0.25, -0.2) is 0 Å². The maximum absolute atomic E-state index is 3.50. The first-order valence-corrected chi connectivity index (χ1v) is 7.79. The summed E-state index contributed by atoms with van der Waals surface area (Å²) in [5.41, 5.74) is 2.80. The minimum Gasteiger partial charge on any atom is -0.308 e. The minimum absolute atomic E-state index is 0.728. The lowest BCUT2D eigenvalue weighted by atomic mass is 10.0. The topological polar surface area (TPSA) is 12.0 Å². The second-order valence-electron chi connectivity index (χ2n) is 5.53. The Morgan fingerprint density at radius 1 is 0.947 bits per heavy atom. The fraction of sp³-hybridized carbons (Fsp3) is 0.412. The van der Waals surface area contributed by atoms with Crippen molar-refractivity contribution in [2.45, 2.75) is 40.3 Å². The van der Waals surface area contributed by atoms with Crippen molar-refractivity contribution in [2.75, 3.05) is 0 Å². The van der Waals surface area contributed by atoms with Crippen molar-refractivity contribution in [2.24, 2.45) is 5.92 Å². The molecule has 0 saturated heterocycles. The molecular formula is C17H23NS. The van der Waals surface area contributed by atoms with Gasteiger partial charge in [-0.3, -0.25) is 0 Å². The Bertz CT molecular complexity index is 496. The van der Waals surface area contributed by atoms with Gasteiger partial charge in [0.05, 0.1) is 0 Å². The lowest BCUT2D eigenvalue weighted by molar-refractivity contribution is 0.646. The highest BCUT2D eigenvalue weighted by molar-refractivity contribution is 7.11. The van der Waals surface area contributed by atoms with E-state index in [9.17, 15) is 0 Å². The van der Waals surface area contributed by atoms with E-state index in [1.54, 1.807) is 0 Å². The predicted octanol–water partition coefficient (Wildman–Crippen LogP) is 4.54. The Kier molecular flexibility index (Phi) is 5.17. The zero-order valence-electron chi connectivity index (χ0n) is 12.1. The number of hydrogen-bond donors (Lipinski definition) is 1. The quantitative estimate of drug-likeness (QED) is 0.814. The van der Waals surface area contributed by atoms with Crippen LogP contribution in [-0.2, 0) is 19.5 Å². The molecule has 1 N–H and O–H groups in total. The predicted molar refractivity (Wildman–Crippen MR) is 84.6 cm³/mol. The number of hydrogen-bond acceptors (Lipinski definition) is 2. The van der Waals surface area contributed by atoms with Gasteiger partial charge in [0, 0.05) is 22.8 Å². The van der Waals surface area contributed by atoms with Crippen molar-refractivity contribution in [3.05, 3.63) is 57.3 Å². The van der Waals surface area contributed by atoms with Gasteiger partial charge in [-0.15, -0.1) is 11.3 Å². The molecule has 102 valence electrons. The van der Waals surface area contributed by atoms with Crippen molar-refractivity contribution in [1.82, 2.24) is 5.32 Å². The summed E-state index contributed by atoms with van der Waals surface area (Å²) in [6.45, 7) is 8.59. The Morgan fingerprint density at radius 2 is 1.63 bits per heavy atom. The van der Waals surface area contributed by atoms with E-state index in [0.717, 1.165) is 19.0 Å². The Hall–Kier alpha value is -1.12. The normalized spacial score (nSPS) is 11.2. The van der Waals surface area contributed by atoms with Gasteiger partial charge in [-0.1, -0.05) is 38.1 Å². The van der Waals surface area contributed by atoms with Gasteiger partial charge < -0.3 is 5.32 Å². The first-order valence-electron chi connectivity index (χ1n) is 6.97. The largest absolute Gasteiger partial charge is 0.308 e. The van der Waals surface area contributed by atoms with Crippen LogP contribution in [0.1, 0.15) is 34.7 Å². The molecule has 0 unspecified atom stereocenters. The van der Waals surface area contributed by atoms with E-state index in [4.69, 9.17) is 0 Å². The average Bonchev–Trinajstić information content (AvgIpc) is 2.77. The van der Waals surface area contributed by atoms with Crippen LogP contribution in [0.15, 0.2) is 36.4 Å². The molecule has 0 spiro atoms. The highest BCUT2D eigenvalue weighted by atomic mass is 32.1. The van der Waals surface area contributed by atoms with Crippen LogP contribution in [-0.4, -0.2) is 0 Å². The second-order valence-corrected chi connectivity index (χ2v) is 6.90. The molecule has 1 aromatic carbocycles. The van der Waals surface area contributed by atoms with E-state index in [2.05, 4.69) is 62.5 Å². The van der Waals surface area contributed by atoms with Crippen LogP contribution in [0, 0.1) is 12.8 Å². The van der Waals surface area contributed by atoms with Gasteiger partial charge in [-0.05, 0) is 42.5 Å². The first-order chi connectivity index (χ1) is 9.13. The zero-order chi connectivity index (χ0) is 13.7. The number of nitrogens with one attached hydrogen (secondary N) is 1. The van der Waals surface area contributed by atoms with Gasteiger partial charge >= 0.3 is 0 Å². The third-order valence-electron chi connectivity index (χ3n) is 3.09. The summed E-state index contributed by atoms with van der Waals surface area (Å²) in [4.78, 5) is 2.80. The Labute approximate surface area is 120 Å². The number of benzene rings is 1. The van der Waals surface area contributed by atoms with E-state index in [1.165, 1.54) is 27.3 Å². The lowest BCUT2D eigenvalue weighted by Crippen LogP contribution is -2.11. The fourth-order valence-electron chi connectivity index (χ4n) is 2.17. The lowest BCUT2D eigenvalue weighted by Gasteiger charge is -2.07. The molecule has 1 nitrogen and oxygen atoms in total. The molecule has 19 heavy (non-hydrogen) atoms. The molecule has 0 atom stereocenters. The van der Waals surface area contributed by atoms with Crippen LogP contribution in [0.3, 0.4) is 0 Å². The summed E-state index contributed by atoms with van der Waals surface area (Å²) in [5.74, 6) is 0.728. The van der Waals surface area contributed by atoms with E-state index < -0.39 is 0 Å². The van der Waals surface area contributed by atoms with E-state index in [-0.39, 0.29) is 0 Å². The summed E-state index contributed by atoms with van der Waals surface area (Å²) in [6.07, 6.45) is 1.17. The molecule has 0 saturated carbocycles. The Balaban J connectivity index is 1.79. The van der Waals surface area contributed by atoms with E-state index in [0.29, 0.717) is 0 Å². The van der Waals surface area contributed by atoms with Gasteiger partial charge in [0.1, 0.15) is 0 Å². The molecule has 0 amide bonds. The van der Waals surface area contributed by atoms with Crippen molar-refractivity contribution in [3.63, 3.8) is 0 Å². The maximum Gasteiger partial charge on any atom is 0.0303 e. The fourth-order valence-corrected chi connectivity index (χ4v) is 3.03. The maximum atomic E-state index is 3.50. The van der Waals surface area contributed by atoms with E-state index in [1.807, 2.05) is 11.3 Å². The molecule has 0 fully saturated rings. The highest BCUT2D eigenvalue weighted by Gasteiger charge is 1.99. The van der Waals surface area contributed by atoms with Crippen molar-refractivity contribution in [1.29, 1.82) is 0 Å². The molecule has 0 aliphatic heterocycles. The molecule has 2 aromatic rings. The van der Waals surface area contributed by atoms with Crippen LogP contribution in [0.5, 0.6) is 0 Å². The summed E-state index contributed by atoms with van der Waals surface area (Å²) in [5, 5.41) is 3.50. The standard InChI is InChI=1S/C17H23NS/c1-13(2)10-15-5-7-16(8-6-15)11-18-12-17-9-4-14(3)19-17/h4-9,13,18H,10-12H2,1-3H3. The molecule has 2 heteroatoms.